The lowest BCUT2D eigenvalue weighted by atomic mass is 10.1. The number of benzene rings is 1. The van der Waals surface area contributed by atoms with Crippen LogP contribution in [-0.4, -0.2) is 20.8 Å². The van der Waals surface area contributed by atoms with E-state index >= 15 is 0 Å². The summed E-state index contributed by atoms with van der Waals surface area (Å²) in [5.74, 6) is -0.429. The molecular weight excluding hydrogens is 314 g/mol. The second-order valence-corrected chi connectivity index (χ2v) is 7.63. The largest absolute Gasteiger partial charge is 0.490 e. The number of hydrogen-bond donors (Lipinski definition) is 0. The fourth-order valence-corrected chi connectivity index (χ4v) is 2.57. The average Bonchev–Trinajstić information content (AvgIpc) is 2.31. The van der Waals surface area contributed by atoms with Crippen LogP contribution in [-0.2, 0) is 9.05 Å². The van der Waals surface area contributed by atoms with Crippen molar-refractivity contribution in [3.05, 3.63) is 29.0 Å². The molecule has 0 bridgehead atoms. The first kappa shape index (κ1) is 16.5. The minimum atomic E-state index is -3.45. The van der Waals surface area contributed by atoms with Crippen LogP contribution in [0.25, 0.3) is 0 Å². The summed E-state index contributed by atoms with van der Waals surface area (Å²) in [6.45, 7) is 2.18. The van der Waals surface area contributed by atoms with Gasteiger partial charge in [-0.1, -0.05) is 24.6 Å². The van der Waals surface area contributed by atoms with Crippen LogP contribution in [0.4, 0.5) is 4.39 Å². The Bertz CT molecular complexity index is 520. The van der Waals surface area contributed by atoms with E-state index in [1.54, 1.807) is 6.07 Å². The monoisotopic (exact) mass is 328 g/mol. The van der Waals surface area contributed by atoms with Gasteiger partial charge in [0, 0.05) is 10.7 Å². The highest BCUT2D eigenvalue weighted by Crippen LogP contribution is 2.24. The molecule has 0 radical (unpaired) electrons. The Kier molecular flexibility index (Phi) is 6.36. The molecule has 0 amide bonds. The molecule has 0 aliphatic heterocycles. The average molecular weight is 329 g/mol. The molecular formula is C12H15Cl2FO3S. The fraction of sp³-hybridized carbons (Fsp3) is 0.500. The maximum Gasteiger partial charge on any atom is 0.232 e. The Morgan fingerprint density at radius 1 is 1.37 bits per heavy atom. The lowest BCUT2D eigenvalue weighted by Gasteiger charge is -2.12. The predicted octanol–water partition coefficient (Wildman–Crippen LogP) is 3.84. The second-order valence-electron chi connectivity index (χ2n) is 4.33. The van der Waals surface area contributed by atoms with Crippen molar-refractivity contribution < 1.29 is 17.5 Å². The topological polar surface area (TPSA) is 43.4 Å². The standard InChI is InChI=1S/C12H15Cl2FO3S/c1-9(6-8-19(14,16)17)5-7-18-11-4-2-3-10(13)12(11)15/h2-4,9H,5-8H2,1H3. The highest BCUT2D eigenvalue weighted by atomic mass is 35.7. The lowest BCUT2D eigenvalue weighted by Crippen LogP contribution is -2.09. The van der Waals surface area contributed by atoms with Gasteiger partial charge in [0.1, 0.15) is 0 Å². The van der Waals surface area contributed by atoms with Crippen LogP contribution in [0.1, 0.15) is 19.8 Å². The second kappa shape index (κ2) is 7.31. The zero-order valence-corrected chi connectivity index (χ0v) is 12.7. The molecule has 0 spiro atoms. The summed E-state index contributed by atoms with van der Waals surface area (Å²) >= 11 is 5.62. The molecule has 0 saturated heterocycles. The molecule has 3 nitrogen and oxygen atoms in total. The number of hydrogen-bond acceptors (Lipinski definition) is 3. The van der Waals surface area contributed by atoms with Gasteiger partial charge in [0.25, 0.3) is 0 Å². The summed E-state index contributed by atoms with van der Waals surface area (Å²) in [7, 11) is 1.67. The minimum Gasteiger partial charge on any atom is -0.490 e. The normalized spacial score (nSPS) is 13.3. The summed E-state index contributed by atoms with van der Waals surface area (Å²) in [6.07, 6.45) is 1.06. The van der Waals surface area contributed by atoms with E-state index in [-0.39, 0.29) is 22.4 Å². The van der Waals surface area contributed by atoms with Crippen LogP contribution in [0.15, 0.2) is 18.2 Å². The van der Waals surface area contributed by atoms with E-state index in [1.165, 1.54) is 12.1 Å². The smallest absolute Gasteiger partial charge is 0.232 e. The van der Waals surface area contributed by atoms with Gasteiger partial charge in [0.2, 0.25) is 9.05 Å². The van der Waals surface area contributed by atoms with E-state index < -0.39 is 14.9 Å². The van der Waals surface area contributed by atoms with E-state index in [2.05, 4.69) is 0 Å². The van der Waals surface area contributed by atoms with Crippen LogP contribution < -0.4 is 4.74 Å². The Morgan fingerprint density at radius 3 is 2.68 bits per heavy atom. The van der Waals surface area contributed by atoms with Gasteiger partial charge in [0.15, 0.2) is 11.6 Å². The highest BCUT2D eigenvalue weighted by molar-refractivity contribution is 8.13. The van der Waals surface area contributed by atoms with E-state index in [0.29, 0.717) is 19.4 Å². The van der Waals surface area contributed by atoms with Crippen LogP contribution in [0, 0.1) is 11.7 Å². The Labute approximate surface area is 122 Å². The van der Waals surface area contributed by atoms with Gasteiger partial charge in [-0.2, -0.15) is 0 Å². The molecule has 0 aromatic heterocycles. The molecule has 7 heteroatoms. The van der Waals surface area contributed by atoms with Crippen LogP contribution in [0.3, 0.4) is 0 Å². The Hall–Kier alpha value is -0.520. The molecule has 0 saturated carbocycles. The third-order valence-electron chi connectivity index (χ3n) is 2.64. The molecule has 108 valence electrons. The highest BCUT2D eigenvalue weighted by Gasteiger charge is 2.11. The Balaban J connectivity index is 2.36. The zero-order valence-electron chi connectivity index (χ0n) is 10.4. The molecule has 1 aromatic rings. The first-order chi connectivity index (χ1) is 8.79. The van der Waals surface area contributed by atoms with E-state index in [1.807, 2.05) is 6.92 Å². The summed E-state index contributed by atoms with van der Waals surface area (Å²) in [6, 6.07) is 4.54. The van der Waals surface area contributed by atoms with Crippen molar-refractivity contribution in [1.29, 1.82) is 0 Å². The third-order valence-corrected chi connectivity index (χ3v) is 4.12. The van der Waals surface area contributed by atoms with Crippen molar-refractivity contribution >= 4 is 31.3 Å². The fourth-order valence-electron chi connectivity index (χ4n) is 1.45. The van der Waals surface area contributed by atoms with Crippen molar-refractivity contribution in [3.63, 3.8) is 0 Å². The number of ether oxygens (including phenoxy) is 1. The maximum absolute atomic E-state index is 13.5. The van der Waals surface area contributed by atoms with Crippen molar-refractivity contribution in [2.45, 2.75) is 19.8 Å². The van der Waals surface area contributed by atoms with E-state index in [4.69, 9.17) is 27.0 Å². The molecule has 1 atom stereocenters. The molecule has 1 aromatic carbocycles. The summed E-state index contributed by atoms with van der Waals surface area (Å²) in [5.41, 5.74) is 0. The van der Waals surface area contributed by atoms with Crippen molar-refractivity contribution in [2.75, 3.05) is 12.4 Å². The molecule has 0 aliphatic rings. The number of halogens is 3. The first-order valence-corrected chi connectivity index (χ1v) is 8.64. The summed E-state index contributed by atoms with van der Waals surface area (Å²) in [4.78, 5) is 0. The maximum atomic E-state index is 13.5. The van der Waals surface area contributed by atoms with Gasteiger partial charge in [-0.3, -0.25) is 0 Å². The Morgan fingerprint density at radius 2 is 2.05 bits per heavy atom. The van der Waals surface area contributed by atoms with Crippen LogP contribution in [0.5, 0.6) is 5.75 Å². The van der Waals surface area contributed by atoms with Crippen molar-refractivity contribution in [2.24, 2.45) is 5.92 Å². The van der Waals surface area contributed by atoms with Gasteiger partial charge >= 0.3 is 0 Å². The quantitative estimate of drug-likeness (QED) is 0.714. The summed E-state index contributed by atoms with van der Waals surface area (Å²) in [5, 5.41) is 0.0128. The van der Waals surface area contributed by atoms with Crippen LogP contribution in [0.2, 0.25) is 5.02 Å². The van der Waals surface area contributed by atoms with Crippen LogP contribution >= 0.6 is 22.3 Å². The van der Waals surface area contributed by atoms with Gasteiger partial charge in [-0.05, 0) is 30.9 Å². The molecule has 1 unspecified atom stereocenters. The molecule has 1 rings (SSSR count). The molecule has 0 N–H and O–H groups in total. The van der Waals surface area contributed by atoms with Crippen molar-refractivity contribution in [3.8, 4) is 5.75 Å². The van der Waals surface area contributed by atoms with Gasteiger partial charge in [0.05, 0.1) is 17.4 Å². The van der Waals surface area contributed by atoms with Gasteiger partial charge in [-0.15, -0.1) is 0 Å². The van der Waals surface area contributed by atoms with E-state index in [9.17, 15) is 12.8 Å². The predicted molar refractivity (Wildman–Crippen MR) is 74.9 cm³/mol. The zero-order chi connectivity index (χ0) is 14.5. The molecule has 0 aliphatic carbocycles. The van der Waals surface area contributed by atoms with Crippen molar-refractivity contribution in [1.82, 2.24) is 0 Å². The minimum absolute atomic E-state index is 0.0128. The summed E-state index contributed by atoms with van der Waals surface area (Å²) < 4.78 is 40.3. The third kappa shape index (κ3) is 6.45. The first-order valence-electron chi connectivity index (χ1n) is 5.78. The van der Waals surface area contributed by atoms with Gasteiger partial charge in [-0.25, -0.2) is 12.8 Å². The molecule has 19 heavy (non-hydrogen) atoms. The molecule has 0 heterocycles. The SMILES string of the molecule is CC(CCOc1cccc(Cl)c1F)CCS(=O)(=O)Cl. The molecule has 0 fully saturated rings. The van der Waals surface area contributed by atoms with E-state index in [0.717, 1.165) is 0 Å². The number of rotatable bonds is 7. The van der Waals surface area contributed by atoms with Gasteiger partial charge < -0.3 is 4.74 Å². The lowest BCUT2D eigenvalue weighted by molar-refractivity contribution is 0.270.